The second-order valence-electron chi connectivity index (χ2n) is 7.96. The van der Waals surface area contributed by atoms with E-state index in [-0.39, 0.29) is 24.6 Å². The number of carbonyl (C=O) groups excluding carboxylic acids is 1. The Bertz CT molecular complexity index is 1370. The highest BCUT2D eigenvalue weighted by Gasteiger charge is 2.31. The number of aliphatic carboxylic acids is 1. The molecule has 2 N–H and O–H groups in total. The molecule has 37 heavy (non-hydrogen) atoms. The van der Waals surface area contributed by atoms with E-state index in [1.54, 1.807) is 53.3 Å². The first-order valence-electron chi connectivity index (χ1n) is 11.1. The van der Waals surface area contributed by atoms with Gasteiger partial charge in [-0.25, -0.2) is 0 Å². The minimum Gasteiger partial charge on any atom is -0.481 e. The number of carbonyl (C=O) groups is 2. The summed E-state index contributed by atoms with van der Waals surface area (Å²) in [6.45, 7) is 0.333. The zero-order valence-electron chi connectivity index (χ0n) is 19.3. The normalized spacial score (nSPS) is 11.2. The van der Waals surface area contributed by atoms with Gasteiger partial charge in [0.25, 0.3) is 5.91 Å². The Labute approximate surface area is 209 Å². The van der Waals surface area contributed by atoms with Crippen LogP contribution in [0.5, 0.6) is 5.75 Å². The lowest BCUT2D eigenvalue weighted by molar-refractivity contribution is -0.274. The van der Waals surface area contributed by atoms with Crippen molar-refractivity contribution >= 4 is 11.9 Å². The Morgan fingerprint density at radius 3 is 2.32 bits per heavy atom. The lowest BCUT2D eigenvalue weighted by Gasteiger charge is -2.11. The SMILES string of the molecule is O=C(O)CCNC(=O)c1ccc(Cn2nc(-c3ccccn3)cc2-c2ccc(OC(F)(F)F)cc2)cc1. The molecule has 8 nitrogen and oxygen atoms in total. The van der Waals surface area contributed by atoms with Crippen LogP contribution >= 0.6 is 0 Å². The van der Waals surface area contributed by atoms with Gasteiger partial charge in [-0.05, 0) is 60.2 Å². The smallest absolute Gasteiger partial charge is 0.481 e. The van der Waals surface area contributed by atoms with E-state index in [1.165, 1.54) is 24.3 Å². The average Bonchev–Trinajstić information content (AvgIpc) is 3.28. The van der Waals surface area contributed by atoms with Gasteiger partial charge in [-0.3, -0.25) is 19.3 Å². The zero-order valence-corrected chi connectivity index (χ0v) is 19.3. The maximum Gasteiger partial charge on any atom is 0.573 e. The Morgan fingerprint density at radius 2 is 1.70 bits per heavy atom. The van der Waals surface area contributed by atoms with E-state index >= 15 is 0 Å². The number of nitrogens with zero attached hydrogens (tertiary/aromatic N) is 3. The van der Waals surface area contributed by atoms with Crippen molar-refractivity contribution in [3.05, 3.63) is 90.1 Å². The number of pyridine rings is 1. The fourth-order valence-corrected chi connectivity index (χ4v) is 3.56. The summed E-state index contributed by atoms with van der Waals surface area (Å²) in [5.41, 5.74) is 3.68. The standard InChI is InChI=1S/C26H21F3N4O4/c27-26(28,29)37-20-10-8-18(9-11-20)23-15-22(21-3-1-2-13-30-21)32-33(23)16-17-4-6-19(7-5-17)25(36)31-14-12-24(34)35/h1-11,13,15H,12,14,16H2,(H,31,36)(H,34,35). The van der Waals surface area contributed by atoms with Crippen molar-refractivity contribution in [3.63, 3.8) is 0 Å². The minimum absolute atomic E-state index is 0.0235. The van der Waals surface area contributed by atoms with E-state index in [4.69, 9.17) is 5.11 Å². The molecule has 2 aromatic carbocycles. The van der Waals surface area contributed by atoms with Crippen molar-refractivity contribution in [1.82, 2.24) is 20.1 Å². The number of rotatable bonds is 9. The summed E-state index contributed by atoms with van der Waals surface area (Å²) in [5, 5.41) is 15.9. The van der Waals surface area contributed by atoms with Crippen LogP contribution in [-0.4, -0.2) is 44.7 Å². The molecule has 2 heterocycles. The largest absolute Gasteiger partial charge is 0.573 e. The zero-order chi connectivity index (χ0) is 26.4. The Hall–Kier alpha value is -4.67. The van der Waals surface area contributed by atoms with Gasteiger partial charge in [-0.1, -0.05) is 18.2 Å². The lowest BCUT2D eigenvalue weighted by Crippen LogP contribution is -2.25. The maximum atomic E-state index is 12.5. The molecule has 0 saturated carbocycles. The van der Waals surface area contributed by atoms with Crippen LogP contribution in [0.15, 0.2) is 79.0 Å². The molecule has 4 aromatic rings. The number of ether oxygens (including phenoxy) is 1. The van der Waals surface area contributed by atoms with Gasteiger partial charge < -0.3 is 15.2 Å². The van der Waals surface area contributed by atoms with Crippen LogP contribution in [0.3, 0.4) is 0 Å². The first-order valence-corrected chi connectivity index (χ1v) is 11.1. The fourth-order valence-electron chi connectivity index (χ4n) is 3.56. The van der Waals surface area contributed by atoms with Crippen molar-refractivity contribution in [2.24, 2.45) is 0 Å². The van der Waals surface area contributed by atoms with Gasteiger partial charge >= 0.3 is 12.3 Å². The average molecular weight is 510 g/mol. The highest BCUT2D eigenvalue weighted by molar-refractivity contribution is 5.94. The molecule has 0 fully saturated rings. The van der Waals surface area contributed by atoms with E-state index in [9.17, 15) is 22.8 Å². The van der Waals surface area contributed by atoms with Crippen molar-refractivity contribution in [1.29, 1.82) is 0 Å². The van der Waals surface area contributed by atoms with Crippen molar-refractivity contribution in [3.8, 4) is 28.4 Å². The van der Waals surface area contributed by atoms with Gasteiger partial charge in [0, 0.05) is 23.9 Å². The Balaban J connectivity index is 1.58. The maximum absolute atomic E-state index is 12.5. The number of carboxylic acid groups (broad SMARTS) is 1. The molecule has 0 aliphatic rings. The minimum atomic E-state index is -4.78. The van der Waals surface area contributed by atoms with Crippen LogP contribution in [-0.2, 0) is 11.3 Å². The molecular weight excluding hydrogens is 489 g/mol. The summed E-state index contributed by atoms with van der Waals surface area (Å²) < 4.78 is 43.3. The van der Waals surface area contributed by atoms with E-state index < -0.39 is 12.3 Å². The molecule has 4 rings (SSSR count). The monoisotopic (exact) mass is 510 g/mol. The highest BCUT2D eigenvalue weighted by Crippen LogP contribution is 2.29. The van der Waals surface area contributed by atoms with Gasteiger partial charge in [-0.15, -0.1) is 13.2 Å². The highest BCUT2D eigenvalue weighted by atomic mass is 19.4. The predicted octanol–water partition coefficient (Wildman–Crippen LogP) is 4.76. The summed E-state index contributed by atoms with van der Waals surface area (Å²) >= 11 is 0. The van der Waals surface area contributed by atoms with Crippen LogP contribution in [0.1, 0.15) is 22.3 Å². The number of benzene rings is 2. The van der Waals surface area contributed by atoms with Crippen LogP contribution < -0.4 is 10.1 Å². The third-order valence-corrected chi connectivity index (χ3v) is 5.26. The molecule has 0 spiro atoms. The second-order valence-corrected chi connectivity index (χ2v) is 7.96. The number of carboxylic acids is 1. The summed E-state index contributed by atoms with van der Waals surface area (Å²) in [7, 11) is 0. The summed E-state index contributed by atoms with van der Waals surface area (Å²) in [4.78, 5) is 27.1. The van der Waals surface area contributed by atoms with Crippen molar-refractivity contribution in [2.45, 2.75) is 19.3 Å². The van der Waals surface area contributed by atoms with Gasteiger partial charge in [0.1, 0.15) is 11.4 Å². The molecule has 0 aliphatic heterocycles. The van der Waals surface area contributed by atoms with Crippen molar-refractivity contribution < 1.29 is 32.6 Å². The van der Waals surface area contributed by atoms with E-state index in [1.807, 2.05) is 6.07 Å². The molecule has 1 amide bonds. The number of hydrogen-bond acceptors (Lipinski definition) is 5. The molecule has 190 valence electrons. The Morgan fingerprint density at radius 1 is 0.973 bits per heavy atom. The quantitative estimate of drug-likeness (QED) is 0.336. The fraction of sp³-hybridized carbons (Fsp3) is 0.154. The number of halogens is 3. The number of hydrogen-bond donors (Lipinski definition) is 2. The van der Waals surface area contributed by atoms with E-state index in [0.29, 0.717) is 34.8 Å². The van der Waals surface area contributed by atoms with Crippen LogP contribution in [0.25, 0.3) is 22.6 Å². The first kappa shape index (κ1) is 25.4. The van der Waals surface area contributed by atoms with Crippen molar-refractivity contribution in [2.75, 3.05) is 6.54 Å². The van der Waals surface area contributed by atoms with Gasteiger partial charge in [0.15, 0.2) is 0 Å². The van der Waals surface area contributed by atoms with Gasteiger partial charge in [0.05, 0.1) is 24.4 Å². The van der Waals surface area contributed by atoms with Gasteiger partial charge in [-0.2, -0.15) is 5.10 Å². The van der Waals surface area contributed by atoms with Crippen LogP contribution in [0.2, 0.25) is 0 Å². The third kappa shape index (κ3) is 6.94. The summed E-state index contributed by atoms with van der Waals surface area (Å²) in [6, 6.07) is 19.4. The molecule has 0 aliphatic carbocycles. The topological polar surface area (TPSA) is 106 Å². The van der Waals surface area contributed by atoms with E-state index in [2.05, 4.69) is 20.1 Å². The number of aromatic nitrogens is 3. The lowest BCUT2D eigenvalue weighted by atomic mass is 10.1. The summed E-state index contributed by atoms with van der Waals surface area (Å²) in [6.07, 6.45) is -3.32. The molecule has 0 unspecified atom stereocenters. The third-order valence-electron chi connectivity index (χ3n) is 5.26. The number of amides is 1. The molecule has 0 atom stereocenters. The molecule has 2 aromatic heterocycles. The second kappa shape index (κ2) is 10.9. The molecule has 0 bridgehead atoms. The predicted molar refractivity (Wildman–Crippen MR) is 128 cm³/mol. The van der Waals surface area contributed by atoms with Crippen LogP contribution in [0, 0.1) is 0 Å². The molecular formula is C26H21F3N4O4. The van der Waals surface area contributed by atoms with Crippen LogP contribution in [0.4, 0.5) is 13.2 Å². The Kier molecular flexibility index (Phi) is 7.52. The molecule has 11 heteroatoms. The summed E-state index contributed by atoms with van der Waals surface area (Å²) in [5.74, 6) is -1.71. The molecule has 0 saturated heterocycles. The van der Waals surface area contributed by atoms with E-state index in [0.717, 1.165) is 5.56 Å². The number of nitrogens with one attached hydrogen (secondary N) is 1. The number of alkyl halides is 3. The van der Waals surface area contributed by atoms with Gasteiger partial charge in [0.2, 0.25) is 0 Å². The molecule has 0 radical (unpaired) electrons. The first-order chi connectivity index (χ1) is 17.7.